The van der Waals surface area contributed by atoms with Crippen molar-refractivity contribution in [2.24, 2.45) is 0 Å². The van der Waals surface area contributed by atoms with E-state index in [4.69, 9.17) is 5.41 Å². The Kier molecular flexibility index (Phi) is 3.26. The predicted octanol–water partition coefficient (Wildman–Crippen LogP) is -0.742. The Morgan fingerprint density at radius 2 is 1.50 bits per heavy atom. The molecule has 22 valence electrons. The molecule has 0 amide bonds. The third kappa shape index (κ3) is 10.5. The van der Waals surface area contributed by atoms with Gasteiger partial charge in [-0.25, -0.2) is 0 Å². The molecule has 0 aromatic carbocycles. The van der Waals surface area contributed by atoms with E-state index in [1.807, 2.05) is 0 Å². The number of rotatable bonds is 0. The fraction of sp³-hybridized carbons (Fsp3) is 0. The molecule has 0 aliphatic heterocycles. The van der Waals surface area contributed by atoms with Gasteiger partial charge in [0.25, 0.3) is 0 Å². The van der Waals surface area contributed by atoms with Crippen LogP contribution in [-0.4, -0.2) is 46.4 Å². The Morgan fingerprint density at radius 1 is 1.50 bits per heavy atom. The summed E-state index contributed by atoms with van der Waals surface area (Å²) in [7, 11) is 0. The van der Waals surface area contributed by atoms with Crippen LogP contribution in [-0.2, 0) is 0 Å². The zero-order valence-corrected chi connectivity index (χ0v) is 6.48. The van der Waals surface area contributed by atoms with Gasteiger partial charge in [0.1, 0.15) is 0 Å². The van der Waals surface area contributed by atoms with Crippen molar-refractivity contribution in [1.82, 2.24) is 0 Å². The first-order valence-electron chi connectivity index (χ1n) is 0.658. The van der Waals surface area contributed by atoms with Crippen LogP contribution in [0.1, 0.15) is 0 Å². The summed E-state index contributed by atoms with van der Waals surface area (Å²) in [5, 5.41) is 6.51. The number of hydrogen-bond acceptors (Lipinski definition) is 1. The SMILES string of the molecule is N=C([Te])[Te]. The summed E-state index contributed by atoms with van der Waals surface area (Å²) in [5.41, 5.74) is 0. The van der Waals surface area contributed by atoms with Crippen LogP contribution < -0.4 is 0 Å². The molecule has 0 heterocycles. The second kappa shape index (κ2) is 2.48. The van der Waals surface area contributed by atoms with Crippen LogP contribution in [0.15, 0.2) is 0 Å². The van der Waals surface area contributed by atoms with Gasteiger partial charge in [-0.2, -0.15) is 0 Å². The molecule has 0 saturated carbocycles. The van der Waals surface area contributed by atoms with Crippen LogP contribution in [0, 0.1) is 5.41 Å². The molecular formula is CHNTe2. The molecule has 0 rings (SSSR count). The number of hydrogen-bond donors (Lipinski definition) is 1. The maximum atomic E-state index is 6.51. The molecule has 3 heteroatoms. The minimum atomic E-state index is 0.687. The Balaban J connectivity index is 2.80. The van der Waals surface area contributed by atoms with Crippen molar-refractivity contribution in [3.8, 4) is 0 Å². The zero-order valence-electron chi connectivity index (χ0n) is 1.82. The van der Waals surface area contributed by atoms with Gasteiger partial charge in [0.2, 0.25) is 0 Å². The first-order chi connectivity index (χ1) is 1.73. The average Bonchev–Trinajstić information content (AvgIpc) is 0.811. The van der Waals surface area contributed by atoms with Crippen molar-refractivity contribution in [2.45, 2.75) is 0 Å². The van der Waals surface area contributed by atoms with Gasteiger partial charge < -0.3 is 0 Å². The van der Waals surface area contributed by atoms with Crippen LogP contribution in [0.5, 0.6) is 0 Å². The fourth-order valence-corrected chi connectivity index (χ4v) is 0. The van der Waals surface area contributed by atoms with E-state index in [2.05, 4.69) is 0 Å². The number of nitrogens with one attached hydrogen (secondary N) is 1. The first-order valence-corrected chi connectivity index (χ1v) is 2.99. The van der Waals surface area contributed by atoms with E-state index in [1.54, 1.807) is 44.6 Å². The van der Waals surface area contributed by atoms with Gasteiger partial charge >= 0.3 is 51.8 Å². The van der Waals surface area contributed by atoms with E-state index in [1.165, 1.54) is 0 Å². The molecule has 0 bridgehead atoms. The Bertz CT molecular complexity index is 29.0. The molecule has 0 saturated heterocycles. The summed E-state index contributed by atoms with van der Waals surface area (Å²) in [4.78, 5) is 0. The molecular weight excluding hydrogens is 281 g/mol. The van der Waals surface area contributed by atoms with Crippen LogP contribution in [0.3, 0.4) is 0 Å². The third-order valence-electron chi connectivity index (χ3n) is 0. The van der Waals surface area contributed by atoms with E-state index >= 15 is 0 Å². The monoisotopic (exact) mass is 287 g/mol. The second-order valence-corrected chi connectivity index (χ2v) is 5.12. The predicted molar refractivity (Wildman–Crippen MR) is 19.2 cm³/mol. The van der Waals surface area contributed by atoms with Gasteiger partial charge in [0.15, 0.2) is 0 Å². The molecule has 0 unspecified atom stereocenters. The molecule has 1 N–H and O–H groups in total. The Labute approximate surface area is 51.5 Å². The Hall–Kier alpha value is 1.25. The topological polar surface area (TPSA) is 23.9 Å². The van der Waals surface area contributed by atoms with Gasteiger partial charge in [-0.05, 0) is 0 Å². The summed E-state index contributed by atoms with van der Waals surface area (Å²) < 4.78 is 0.687. The summed E-state index contributed by atoms with van der Waals surface area (Å²) in [6, 6.07) is 0. The van der Waals surface area contributed by atoms with E-state index in [-0.39, 0.29) is 0 Å². The van der Waals surface area contributed by atoms with Crippen molar-refractivity contribution in [3.05, 3.63) is 0 Å². The van der Waals surface area contributed by atoms with Crippen LogP contribution in [0.25, 0.3) is 0 Å². The van der Waals surface area contributed by atoms with E-state index in [9.17, 15) is 0 Å². The Morgan fingerprint density at radius 3 is 1.50 bits per heavy atom. The molecule has 0 aliphatic carbocycles. The molecule has 2 radical (unpaired) electrons. The molecule has 0 atom stereocenters. The van der Waals surface area contributed by atoms with Gasteiger partial charge in [-0.1, -0.05) is 0 Å². The van der Waals surface area contributed by atoms with Crippen LogP contribution in [0.4, 0.5) is 0 Å². The van der Waals surface area contributed by atoms with E-state index in [0.29, 0.717) is 1.81 Å². The minimum absolute atomic E-state index is 0.687. The van der Waals surface area contributed by atoms with Gasteiger partial charge in [0.05, 0.1) is 0 Å². The standard InChI is InChI=1S/CHNTe2/c2-1(3)4/h2H. The van der Waals surface area contributed by atoms with Crippen molar-refractivity contribution >= 4 is 46.4 Å². The van der Waals surface area contributed by atoms with Crippen LogP contribution in [0.2, 0.25) is 0 Å². The van der Waals surface area contributed by atoms with Crippen molar-refractivity contribution in [3.63, 3.8) is 0 Å². The summed E-state index contributed by atoms with van der Waals surface area (Å²) in [6.45, 7) is 0. The molecule has 4 heavy (non-hydrogen) atoms. The quantitative estimate of drug-likeness (QED) is 0.447. The second-order valence-electron chi connectivity index (χ2n) is 0.287. The van der Waals surface area contributed by atoms with Gasteiger partial charge in [-0.15, -0.1) is 0 Å². The molecule has 1 nitrogen and oxygen atoms in total. The third-order valence-corrected chi connectivity index (χ3v) is 0. The maximum absolute atomic E-state index is 6.51. The van der Waals surface area contributed by atoms with E-state index in [0.717, 1.165) is 0 Å². The summed E-state index contributed by atoms with van der Waals surface area (Å²) in [6.07, 6.45) is 0. The van der Waals surface area contributed by atoms with Crippen LogP contribution >= 0.6 is 0 Å². The fourth-order valence-electron chi connectivity index (χ4n) is 0. The molecule has 0 fully saturated rings. The molecule has 0 spiro atoms. The van der Waals surface area contributed by atoms with Crippen molar-refractivity contribution in [1.29, 1.82) is 5.41 Å². The molecule has 0 aliphatic rings. The normalized spacial score (nSPS) is 6.00. The molecule has 0 aromatic heterocycles. The first kappa shape index (κ1) is 5.25. The molecule has 0 aromatic rings. The van der Waals surface area contributed by atoms with Crippen molar-refractivity contribution in [2.75, 3.05) is 0 Å². The average molecular weight is 282 g/mol. The van der Waals surface area contributed by atoms with Gasteiger partial charge in [0, 0.05) is 0 Å². The van der Waals surface area contributed by atoms with Crippen molar-refractivity contribution < 1.29 is 0 Å². The summed E-state index contributed by atoms with van der Waals surface area (Å²) >= 11 is 3.39. The van der Waals surface area contributed by atoms with Gasteiger partial charge in [-0.3, -0.25) is 0 Å². The van der Waals surface area contributed by atoms with E-state index < -0.39 is 0 Å². The zero-order chi connectivity index (χ0) is 3.58. The summed E-state index contributed by atoms with van der Waals surface area (Å²) in [5.74, 6) is 0.